The molecular formula is C15H25NO3Si. The molecule has 0 amide bonds. The molecule has 112 valence electrons. The molecule has 1 aromatic rings. The van der Waals surface area contributed by atoms with Crippen LogP contribution in [0.2, 0.25) is 0 Å². The largest absolute Gasteiger partial charge is 0.518 e. The van der Waals surface area contributed by atoms with E-state index < -0.39 is 8.80 Å². The van der Waals surface area contributed by atoms with Crippen LogP contribution in [0.15, 0.2) is 30.3 Å². The first kappa shape index (κ1) is 15.7. The summed E-state index contributed by atoms with van der Waals surface area (Å²) in [6.45, 7) is 2.19. The fourth-order valence-electron chi connectivity index (χ4n) is 2.90. The first-order valence-corrected chi connectivity index (χ1v) is 8.99. The van der Waals surface area contributed by atoms with Gasteiger partial charge in [-0.2, -0.15) is 0 Å². The minimum Gasteiger partial charge on any atom is -0.376 e. The molecule has 20 heavy (non-hydrogen) atoms. The normalized spacial score (nSPS) is 19.9. The van der Waals surface area contributed by atoms with E-state index in [0.29, 0.717) is 5.67 Å². The van der Waals surface area contributed by atoms with E-state index in [-0.39, 0.29) is 0 Å². The zero-order valence-corrected chi connectivity index (χ0v) is 13.7. The van der Waals surface area contributed by atoms with Crippen LogP contribution in [0.25, 0.3) is 0 Å². The molecule has 0 aliphatic carbocycles. The van der Waals surface area contributed by atoms with E-state index in [1.54, 1.807) is 21.3 Å². The van der Waals surface area contributed by atoms with Gasteiger partial charge >= 0.3 is 8.80 Å². The van der Waals surface area contributed by atoms with Crippen LogP contribution in [0, 0.1) is 0 Å². The summed E-state index contributed by atoms with van der Waals surface area (Å²) in [5.74, 6) is 0. The fourth-order valence-corrected chi connectivity index (χ4v) is 5.40. The molecule has 0 saturated carbocycles. The quantitative estimate of drug-likeness (QED) is 0.687. The maximum Gasteiger partial charge on any atom is 0.518 e. The Kier molecular flexibility index (Phi) is 5.74. The zero-order valence-electron chi connectivity index (χ0n) is 12.7. The predicted molar refractivity (Wildman–Crippen MR) is 81.5 cm³/mol. The van der Waals surface area contributed by atoms with Crippen LogP contribution in [-0.2, 0) is 19.7 Å². The van der Waals surface area contributed by atoms with Gasteiger partial charge in [-0.05, 0) is 37.9 Å². The lowest BCUT2D eigenvalue weighted by atomic mass is 10.1. The van der Waals surface area contributed by atoms with Crippen LogP contribution < -0.4 is 0 Å². The van der Waals surface area contributed by atoms with E-state index in [4.69, 9.17) is 13.3 Å². The first-order chi connectivity index (χ1) is 9.75. The van der Waals surface area contributed by atoms with E-state index in [9.17, 15) is 0 Å². The molecule has 5 heteroatoms. The van der Waals surface area contributed by atoms with Crippen molar-refractivity contribution in [3.63, 3.8) is 0 Å². The molecule has 0 spiro atoms. The van der Waals surface area contributed by atoms with Crippen molar-refractivity contribution in [1.82, 2.24) is 4.90 Å². The number of hydrogen-bond acceptors (Lipinski definition) is 4. The molecule has 1 aromatic carbocycles. The smallest absolute Gasteiger partial charge is 0.376 e. The Hall–Kier alpha value is -0.723. The van der Waals surface area contributed by atoms with Crippen LogP contribution in [0.4, 0.5) is 0 Å². The summed E-state index contributed by atoms with van der Waals surface area (Å²) in [4.78, 5) is 2.44. The summed E-state index contributed by atoms with van der Waals surface area (Å²) >= 11 is 0. The van der Waals surface area contributed by atoms with Crippen LogP contribution in [0.5, 0.6) is 0 Å². The van der Waals surface area contributed by atoms with E-state index in [0.717, 1.165) is 32.4 Å². The summed E-state index contributed by atoms with van der Waals surface area (Å²) in [5.41, 5.74) is 1.72. The second-order valence-electron chi connectivity index (χ2n) is 5.15. The highest BCUT2D eigenvalue weighted by atomic mass is 28.4. The predicted octanol–water partition coefficient (Wildman–Crippen LogP) is 2.11. The summed E-state index contributed by atoms with van der Waals surface area (Å²) in [7, 11) is 2.58. The molecule has 2 rings (SSSR count). The maximum absolute atomic E-state index is 5.59. The Bertz CT molecular complexity index is 389. The standard InChI is InChI=1S/C15H25NO3Si/c1-17-20(18-2,19-3)15-11-13-16(15)12-7-10-14-8-5-4-6-9-14/h4-6,8-9,15H,7,10-13H2,1-3H3. The van der Waals surface area contributed by atoms with Gasteiger partial charge in [0.15, 0.2) is 0 Å². The van der Waals surface area contributed by atoms with Crippen LogP contribution >= 0.6 is 0 Å². The van der Waals surface area contributed by atoms with Crippen molar-refractivity contribution >= 4 is 8.80 Å². The lowest BCUT2D eigenvalue weighted by molar-refractivity contribution is 0.0320. The van der Waals surface area contributed by atoms with Crippen molar-refractivity contribution in [2.45, 2.75) is 24.9 Å². The molecule has 1 aliphatic heterocycles. The monoisotopic (exact) mass is 295 g/mol. The number of aryl methyl sites for hydroxylation is 1. The summed E-state index contributed by atoms with van der Waals surface area (Å²) < 4.78 is 16.8. The van der Waals surface area contributed by atoms with Gasteiger partial charge in [-0.25, -0.2) is 0 Å². The van der Waals surface area contributed by atoms with Gasteiger partial charge in [-0.3, -0.25) is 4.90 Å². The maximum atomic E-state index is 5.59. The average molecular weight is 295 g/mol. The second kappa shape index (κ2) is 7.33. The van der Waals surface area contributed by atoms with Crippen molar-refractivity contribution in [3.8, 4) is 0 Å². The Balaban J connectivity index is 1.82. The fraction of sp³-hybridized carbons (Fsp3) is 0.600. The molecule has 1 unspecified atom stereocenters. The lowest BCUT2D eigenvalue weighted by Crippen LogP contribution is -2.67. The minimum absolute atomic E-state index is 0.318. The van der Waals surface area contributed by atoms with Crippen molar-refractivity contribution in [3.05, 3.63) is 35.9 Å². The van der Waals surface area contributed by atoms with E-state index >= 15 is 0 Å². The summed E-state index contributed by atoms with van der Waals surface area (Å²) in [6.07, 6.45) is 3.38. The van der Waals surface area contributed by atoms with Crippen molar-refractivity contribution in [1.29, 1.82) is 0 Å². The molecule has 1 fully saturated rings. The van der Waals surface area contributed by atoms with E-state index in [1.165, 1.54) is 5.56 Å². The van der Waals surface area contributed by atoms with Gasteiger partial charge < -0.3 is 13.3 Å². The van der Waals surface area contributed by atoms with Crippen LogP contribution in [-0.4, -0.2) is 53.8 Å². The highest BCUT2D eigenvalue weighted by molar-refractivity contribution is 6.62. The lowest BCUT2D eigenvalue weighted by Gasteiger charge is -2.46. The molecule has 0 N–H and O–H groups in total. The Labute approximate surface area is 123 Å². The molecule has 0 radical (unpaired) electrons. The Morgan fingerprint density at radius 3 is 2.25 bits per heavy atom. The molecule has 1 atom stereocenters. The molecule has 0 bridgehead atoms. The molecular weight excluding hydrogens is 270 g/mol. The van der Waals surface area contributed by atoms with Gasteiger partial charge in [-0.15, -0.1) is 0 Å². The number of hydrogen-bond donors (Lipinski definition) is 0. The van der Waals surface area contributed by atoms with Gasteiger partial charge in [0, 0.05) is 21.3 Å². The molecule has 0 aromatic heterocycles. The third-order valence-corrected chi connectivity index (χ3v) is 7.32. The van der Waals surface area contributed by atoms with Crippen molar-refractivity contribution in [2.75, 3.05) is 34.4 Å². The Morgan fingerprint density at radius 1 is 1.10 bits per heavy atom. The van der Waals surface area contributed by atoms with E-state index in [1.807, 2.05) is 0 Å². The molecule has 1 aliphatic rings. The van der Waals surface area contributed by atoms with Crippen LogP contribution in [0.3, 0.4) is 0 Å². The third kappa shape index (κ3) is 3.29. The van der Waals surface area contributed by atoms with Crippen LogP contribution in [0.1, 0.15) is 18.4 Å². The van der Waals surface area contributed by atoms with E-state index in [2.05, 4.69) is 35.2 Å². The molecule has 1 saturated heterocycles. The van der Waals surface area contributed by atoms with Gasteiger partial charge in [0.25, 0.3) is 0 Å². The second-order valence-corrected chi connectivity index (χ2v) is 8.24. The number of rotatable bonds is 8. The highest BCUT2D eigenvalue weighted by Crippen LogP contribution is 2.28. The minimum atomic E-state index is -2.50. The summed E-state index contributed by atoms with van der Waals surface area (Å²) in [6, 6.07) is 10.6. The SMILES string of the molecule is CO[Si](OC)(OC)C1CCN1CCCc1ccccc1. The average Bonchev–Trinajstić information content (AvgIpc) is 2.49. The molecule has 1 heterocycles. The number of nitrogens with zero attached hydrogens (tertiary/aromatic N) is 1. The first-order valence-electron chi connectivity index (χ1n) is 7.19. The van der Waals surface area contributed by atoms with Gasteiger partial charge in [-0.1, -0.05) is 30.3 Å². The zero-order chi connectivity index (χ0) is 14.4. The topological polar surface area (TPSA) is 30.9 Å². The van der Waals surface area contributed by atoms with Crippen molar-refractivity contribution in [2.24, 2.45) is 0 Å². The third-order valence-electron chi connectivity index (χ3n) is 4.15. The molecule has 4 nitrogen and oxygen atoms in total. The summed E-state index contributed by atoms with van der Waals surface area (Å²) in [5, 5.41) is 0. The van der Waals surface area contributed by atoms with Gasteiger partial charge in [0.1, 0.15) is 0 Å². The number of benzene rings is 1. The van der Waals surface area contributed by atoms with Gasteiger partial charge in [0.2, 0.25) is 0 Å². The van der Waals surface area contributed by atoms with Crippen molar-refractivity contribution < 1.29 is 13.3 Å². The van der Waals surface area contributed by atoms with Gasteiger partial charge in [0.05, 0.1) is 5.67 Å². The number of likely N-dealkylation sites (tertiary alicyclic amines) is 1. The highest BCUT2D eigenvalue weighted by Gasteiger charge is 2.53. The Morgan fingerprint density at radius 2 is 1.75 bits per heavy atom.